The number of unbranched alkanes of at least 4 members (excludes halogenated alkanes) is 1. The first kappa shape index (κ1) is 46.4. The largest absolute Gasteiger partial charge is 0.396 e. The van der Waals surface area contributed by atoms with E-state index < -0.39 is 73.5 Å². The predicted octanol–water partition coefficient (Wildman–Crippen LogP) is -6.68. The number of carbonyl (C=O) groups excluding carboxylic acids is 4. The van der Waals surface area contributed by atoms with E-state index in [-0.39, 0.29) is 71.4 Å². The molecule has 7 atom stereocenters. The van der Waals surface area contributed by atoms with Gasteiger partial charge in [0.25, 0.3) is 11.8 Å². The minimum absolute atomic E-state index is 0.0134. The minimum atomic E-state index is -1.97. The van der Waals surface area contributed by atoms with Gasteiger partial charge in [0.2, 0.25) is 11.8 Å². The van der Waals surface area contributed by atoms with Crippen LogP contribution >= 0.6 is 0 Å². The van der Waals surface area contributed by atoms with Crippen molar-refractivity contribution in [1.29, 1.82) is 0 Å². The van der Waals surface area contributed by atoms with Crippen LogP contribution in [-0.4, -0.2) is 186 Å². The van der Waals surface area contributed by atoms with Gasteiger partial charge in [-0.15, -0.1) is 0 Å². The summed E-state index contributed by atoms with van der Waals surface area (Å²) in [5.41, 5.74) is 5.27. The molecule has 0 bridgehead atoms. The Morgan fingerprint density at radius 2 is 1.14 bits per heavy atom. The van der Waals surface area contributed by atoms with Gasteiger partial charge in [-0.05, 0) is 25.7 Å². The molecule has 0 aliphatic carbocycles. The number of nitrogens with two attached hydrogens (primary N) is 1. The predicted molar refractivity (Wildman–Crippen MR) is 170 cm³/mol. The summed E-state index contributed by atoms with van der Waals surface area (Å²) in [6.45, 7) is 1.28. The lowest BCUT2D eigenvalue weighted by molar-refractivity contribution is -0.143. The molecule has 20 nitrogen and oxygen atoms in total. The van der Waals surface area contributed by atoms with Crippen molar-refractivity contribution in [2.45, 2.75) is 81.3 Å². The second kappa shape index (κ2) is 29.2. The fourth-order valence-corrected chi connectivity index (χ4v) is 3.95. The summed E-state index contributed by atoms with van der Waals surface area (Å²) in [6, 6.07) is 0. The molecule has 0 aromatic heterocycles. The van der Waals surface area contributed by atoms with E-state index in [9.17, 15) is 54.9 Å². The Hall–Kier alpha value is -2.60. The molecule has 7 unspecified atom stereocenters. The number of carbonyl (C=O) groups is 4. The average molecular weight is 716 g/mol. The Labute approximate surface area is 285 Å². The van der Waals surface area contributed by atoms with Crippen LogP contribution in [0, 0.1) is 0 Å². The van der Waals surface area contributed by atoms with Crippen molar-refractivity contribution in [3.05, 3.63) is 0 Å². The first-order valence-corrected chi connectivity index (χ1v) is 16.2. The number of aliphatic hydroxyl groups excluding tert-OH is 8. The van der Waals surface area contributed by atoms with Crippen molar-refractivity contribution in [2.75, 3.05) is 79.0 Å². The molecule has 0 aromatic carbocycles. The van der Waals surface area contributed by atoms with Gasteiger partial charge in [-0.25, -0.2) is 0 Å². The normalized spacial score (nSPS) is 15.7. The lowest BCUT2D eigenvalue weighted by Crippen LogP contribution is -2.49. The Morgan fingerprint density at radius 1 is 0.592 bits per heavy atom. The molecule has 0 saturated carbocycles. The summed E-state index contributed by atoms with van der Waals surface area (Å²) in [4.78, 5) is 47.6. The Morgan fingerprint density at radius 3 is 1.78 bits per heavy atom. The molecular weight excluding hydrogens is 658 g/mol. The molecule has 0 spiro atoms. The average Bonchev–Trinajstić information content (AvgIpc) is 3.07. The summed E-state index contributed by atoms with van der Waals surface area (Å²) in [7, 11) is 0. The van der Waals surface area contributed by atoms with Gasteiger partial charge in [0.1, 0.15) is 12.2 Å². The number of ether oxygens (including phenoxy) is 3. The van der Waals surface area contributed by atoms with Crippen LogP contribution in [0.1, 0.15) is 38.5 Å². The number of aliphatic hydroxyl groups is 8. The monoisotopic (exact) mass is 715 g/mol. The molecule has 20 heteroatoms. The summed E-state index contributed by atoms with van der Waals surface area (Å²) < 4.78 is 15.7. The van der Waals surface area contributed by atoms with E-state index in [1.165, 1.54) is 0 Å². The number of amides is 4. The number of hydrogen-bond acceptors (Lipinski definition) is 16. The highest BCUT2D eigenvalue weighted by Crippen LogP contribution is 2.06. The fraction of sp³-hybridized carbons (Fsp3) is 0.862. The summed E-state index contributed by atoms with van der Waals surface area (Å²) >= 11 is 0. The lowest BCUT2D eigenvalue weighted by Gasteiger charge is -2.22. The molecule has 0 heterocycles. The van der Waals surface area contributed by atoms with Gasteiger partial charge in [-0.3, -0.25) is 19.2 Å². The molecule has 14 N–H and O–H groups in total. The number of rotatable bonds is 31. The summed E-state index contributed by atoms with van der Waals surface area (Å²) in [5, 5.41) is 87.4. The van der Waals surface area contributed by atoms with Crippen molar-refractivity contribution in [2.24, 2.45) is 5.73 Å². The number of nitrogens with one attached hydrogen (secondary N) is 4. The van der Waals surface area contributed by atoms with E-state index in [1.807, 2.05) is 0 Å². The van der Waals surface area contributed by atoms with Crippen LogP contribution < -0.4 is 27.0 Å². The maximum atomic E-state index is 12.0. The summed E-state index contributed by atoms with van der Waals surface area (Å²) in [6.07, 6.45) is -10.9. The zero-order valence-electron chi connectivity index (χ0n) is 27.8. The smallest absolute Gasteiger partial charge is 0.251 e. The maximum Gasteiger partial charge on any atom is 0.251 e. The first-order valence-electron chi connectivity index (χ1n) is 16.2. The molecule has 49 heavy (non-hydrogen) atoms. The topological polar surface area (TPSA) is 332 Å². The van der Waals surface area contributed by atoms with Crippen LogP contribution in [0.4, 0.5) is 0 Å². The van der Waals surface area contributed by atoms with Gasteiger partial charge >= 0.3 is 0 Å². The SMILES string of the molecule is NCCOCCNC(=O)CC(O)C(O)C(O)C(=O)NCCOCCOCCC(=O)NCCCCC(O)CNC(=O)C(O)C(O)C(O)CCO. The first-order chi connectivity index (χ1) is 23.3. The van der Waals surface area contributed by atoms with E-state index in [0.717, 1.165) is 0 Å². The molecule has 0 aliphatic heterocycles. The molecule has 0 saturated heterocycles. The van der Waals surface area contributed by atoms with Gasteiger partial charge < -0.3 is 82.1 Å². The third-order valence-electron chi connectivity index (χ3n) is 6.81. The highest BCUT2D eigenvalue weighted by molar-refractivity contribution is 5.82. The molecule has 288 valence electrons. The van der Waals surface area contributed by atoms with Crippen molar-refractivity contribution in [1.82, 2.24) is 21.3 Å². The third-order valence-corrected chi connectivity index (χ3v) is 6.81. The molecular formula is C29H57N5O15. The van der Waals surface area contributed by atoms with Crippen LogP contribution in [0.3, 0.4) is 0 Å². The van der Waals surface area contributed by atoms with Crippen LogP contribution in [0.15, 0.2) is 0 Å². The van der Waals surface area contributed by atoms with Gasteiger partial charge in [-0.1, -0.05) is 0 Å². The Kier molecular flexibility index (Phi) is 27.6. The molecule has 0 fully saturated rings. The van der Waals surface area contributed by atoms with Crippen LogP contribution in [-0.2, 0) is 33.4 Å². The number of hydrogen-bond donors (Lipinski definition) is 13. The van der Waals surface area contributed by atoms with Crippen LogP contribution in [0.25, 0.3) is 0 Å². The fourth-order valence-electron chi connectivity index (χ4n) is 3.95. The van der Waals surface area contributed by atoms with Gasteiger partial charge in [0, 0.05) is 45.8 Å². The molecule has 0 aliphatic rings. The Balaban J connectivity index is 3.83. The minimum Gasteiger partial charge on any atom is -0.396 e. The van der Waals surface area contributed by atoms with E-state index in [2.05, 4.69) is 21.3 Å². The molecule has 0 aromatic rings. The highest BCUT2D eigenvalue weighted by Gasteiger charge is 2.32. The maximum absolute atomic E-state index is 12.0. The standard InChI is InChI=1S/C29H57N5O15/c30-6-12-48-13-8-32-23(40)17-21(38)25(42)27(44)28(45)33-9-14-49-16-15-47-11-5-22(39)31-7-2-1-3-19(36)18-34-29(46)26(43)24(41)20(37)4-10-35/h19-21,24-27,35-38,41-44H,1-18,30H2,(H,31,39)(H,32,40)(H,33,45)(H,34,46). The van der Waals surface area contributed by atoms with Gasteiger partial charge in [0.15, 0.2) is 12.2 Å². The van der Waals surface area contributed by atoms with Gasteiger partial charge in [-0.2, -0.15) is 0 Å². The molecule has 4 amide bonds. The van der Waals surface area contributed by atoms with E-state index in [4.69, 9.17) is 25.1 Å². The summed E-state index contributed by atoms with van der Waals surface area (Å²) in [5.74, 6) is -2.77. The lowest BCUT2D eigenvalue weighted by atomic mass is 10.0. The highest BCUT2D eigenvalue weighted by atomic mass is 16.5. The quantitative estimate of drug-likeness (QED) is 0.0297. The zero-order chi connectivity index (χ0) is 37.0. The Bertz CT molecular complexity index is 906. The van der Waals surface area contributed by atoms with E-state index in [0.29, 0.717) is 39.0 Å². The molecule has 0 radical (unpaired) electrons. The van der Waals surface area contributed by atoms with Crippen LogP contribution in [0.2, 0.25) is 0 Å². The second-order valence-corrected chi connectivity index (χ2v) is 11.0. The van der Waals surface area contributed by atoms with Crippen LogP contribution in [0.5, 0.6) is 0 Å². The van der Waals surface area contributed by atoms with Crippen molar-refractivity contribution >= 4 is 23.6 Å². The van der Waals surface area contributed by atoms with E-state index in [1.54, 1.807) is 0 Å². The van der Waals surface area contributed by atoms with Crippen molar-refractivity contribution < 1.29 is 74.2 Å². The third kappa shape index (κ3) is 23.4. The van der Waals surface area contributed by atoms with Crippen molar-refractivity contribution in [3.63, 3.8) is 0 Å². The van der Waals surface area contributed by atoms with Crippen molar-refractivity contribution in [3.8, 4) is 0 Å². The zero-order valence-corrected chi connectivity index (χ0v) is 27.8. The van der Waals surface area contributed by atoms with E-state index >= 15 is 0 Å². The second-order valence-electron chi connectivity index (χ2n) is 11.0. The molecule has 0 rings (SSSR count). The van der Waals surface area contributed by atoms with Gasteiger partial charge in [0.05, 0.1) is 64.4 Å².